The van der Waals surface area contributed by atoms with Crippen molar-refractivity contribution in [1.29, 1.82) is 0 Å². The van der Waals surface area contributed by atoms with Gasteiger partial charge in [-0.1, -0.05) is 11.6 Å². The van der Waals surface area contributed by atoms with Crippen LogP contribution in [-0.2, 0) is 16.1 Å². The standard InChI is InChI=1S/C15H13ClN2O3/c1-21-14(19)9-17-8-11-3-2-6-18(11)13-5-4-10(16)7-12(13)15(17)20/h2-7H,8-9H2,1H3. The van der Waals surface area contributed by atoms with Crippen molar-refractivity contribution >= 4 is 23.5 Å². The summed E-state index contributed by atoms with van der Waals surface area (Å²) in [6, 6.07) is 8.99. The molecule has 0 radical (unpaired) electrons. The zero-order valence-electron chi connectivity index (χ0n) is 11.4. The monoisotopic (exact) mass is 304 g/mol. The van der Waals surface area contributed by atoms with Gasteiger partial charge in [0, 0.05) is 16.9 Å². The first-order chi connectivity index (χ1) is 10.1. The molecule has 2 heterocycles. The third-order valence-corrected chi connectivity index (χ3v) is 3.70. The predicted octanol–water partition coefficient (Wildman–Crippen LogP) is 2.26. The highest BCUT2D eigenvalue weighted by Crippen LogP contribution is 2.27. The Labute approximate surface area is 126 Å². The summed E-state index contributed by atoms with van der Waals surface area (Å²) < 4.78 is 6.59. The Morgan fingerprint density at radius 3 is 2.95 bits per heavy atom. The number of nitrogens with zero attached hydrogens (tertiary/aromatic N) is 2. The van der Waals surface area contributed by atoms with E-state index in [0.717, 1.165) is 11.4 Å². The van der Waals surface area contributed by atoms with Gasteiger partial charge in [0.15, 0.2) is 0 Å². The van der Waals surface area contributed by atoms with Gasteiger partial charge < -0.3 is 14.2 Å². The lowest BCUT2D eigenvalue weighted by molar-refractivity contribution is -0.141. The number of esters is 1. The summed E-state index contributed by atoms with van der Waals surface area (Å²) in [6.45, 7) is 0.250. The number of hydrogen-bond acceptors (Lipinski definition) is 3. The highest BCUT2D eigenvalue weighted by atomic mass is 35.5. The average molecular weight is 305 g/mol. The molecular weight excluding hydrogens is 292 g/mol. The highest BCUT2D eigenvalue weighted by molar-refractivity contribution is 6.31. The highest BCUT2D eigenvalue weighted by Gasteiger charge is 2.27. The van der Waals surface area contributed by atoms with Gasteiger partial charge in [0.05, 0.1) is 24.9 Å². The molecule has 0 aliphatic carbocycles. The number of amides is 1. The molecule has 1 aromatic heterocycles. The van der Waals surface area contributed by atoms with E-state index in [2.05, 4.69) is 4.74 Å². The van der Waals surface area contributed by atoms with E-state index in [1.807, 2.05) is 22.9 Å². The Morgan fingerprint density at radius 2 is 2.19 bits per heavy atom. The summed E-state index contributed by atoms with van der Waals surface area (Å²) in [4.78, 5) is 25.6. The Morgan fingerprint density at radius 1 is 1.38 bits per heavy atom. The van der Waals surface area contributed by atoms with E-state index >= 15 is 0 Å². The fourth-order valence-corrected chi connectivity index (χ4v) is 2.63. The number of hydrogen-bond donors (Lipinski definition) is 0. The SMILES string of the molecule is COC(=O)CN1Cc2cccn2-c2ccc(Cl)cc2C1=O. The molecule has 21 heavy (non-hydrogen) atoms. The molecule has 0 N–H and O–H groups in total. The van der Waals surface area contributed by atoms with Crippen LogP contribution in [0.1, 0.15) is 16.1 Å². The summed E-state index contributed by atoms with van der Waals surface area (Å²) in [5.41, 5.74) is 2.16. The van der Waals surface area contributed by atoms with Crippen LogP contribution in [0.2, 0.25) is 5.02 Å². The maximum absolute atomic E-state index is 12.7. The van der Waals surface area contributed by atoms with Crippen LogP contribution in [0.25, 0.3) is 5.69 Å². The number of methoxy groups -OCH3 is 1. The average Bonchev–Trinajstić information content (AvgIpc) is 2.90. The number of aromatic nitrogens is 1. The van der Waals surface area contributed by atoms with E-state index in [-0.39, 0.29) is 12.5 Å². The van der Waals surface area contributed by atoms with Gasteiger partial charge in [-0.15, -0.1) is 0 Å². The first-order valence-corrected chi connectivity index (χ1v) is 6.80. The van der Waals surface area contributed by atoms with Gasteiger partial charge in [-0.2, -0.15) is 0 Å². The van der Waals surface area contributed by atoms with Crippen LogP contribution in [-0.4, -0.2) is 35.0 Å². The number of carbonyl (C=O) groups is 2. The van der Waals surface area contributed by atoms with E-state index in [1.165, 1.54) is 12.0 Å². The lowest BCUT2D eigenvalue weighted by atomic mass is 10.1. The number of fused-ring (bicyclic) bond motifs is 3. The fraction of sp³-hybridized carbons (Fsp3) is 0.200. The zero-order valence-corrected chi connectivity index (χ0v) is 12.1. The summed E-state index contributed by atoms with van der Waals surface area (Å²) in [5, 5.41) is 0.482. The molecule has 2 aromatic rings. The Kier molecular flexibility index (Phi) is 3.43. The molecule has 0 saturated carbocycles. The molecule has 0 unspecified atom stereocenters. The summed E-state index contributed by atoms with van der Waals surface area (Å²) in [7, 11) is 1.30. The second-order valence-electron chi connectivity index (χ2n) is 4.77. The molecule has 5 nitrogen and oxygen atoms in total. The van der Waals surface area contributed by atoms with Crippen molar-refractivity contribution in [2.45, 2.75) is 6.54 Å². The first-order valence-electron chi connectivity index (χ1n) is 6.42. The zero-order chi connectivity index (χ0) is 15.0. The minimum Gasteiger partial charge on any atom is -0.468 e. The van der Waals surface area contributed by atoms with E-state index < -0.39 is 5.97 Å². The number of halogens is 1. The number of carbonyl (C=O) groups excluding carboxylic acids is 2. The molecule has 1 aliphatic heterocycles. The minimum atomic E-state index is -0.452. The van der Waals surface area contributed by atoms with E-state index in [4.69, 9.17) is 11.6 Å². The summed E-state index contributed by atoms with van der Waals surface area (Å²) in [6.07, 6.45) is 1.89. The largest absolute Gasteiger partial charge is 0.468 e. The second kappa shape index (κ2) is 5.26. The van der Waals surface area contributed by atoms with Gasteiger partial charge in [0.2, 0.25) is 0 Å². The molecule has 1 amide bonds. The predicted molar refractivity (Wildman–Crippen MR) is 77.5 cm³/mol. The Hall–Kier alpha value is -2.27. The molecule has 0 saturated heterocycles. The minimum absolute atomic E-state index is 0.0908. The molecule has 0 fully saturated rings. The van der Waals surface area contributed by atoms with E-state index in [1.54, 1.807) is 18.2 Å². The molecule has 1 aromatic carbocycles. The Bertz CT molecular complexity index is 723. The van der Waals surface area contributed by atoms with Crippen molar-refractivity contribution in [3.05, 3.63) is 52.8 Å². The molecule has 3 rings (SSSR count). The molecule has 0 spiro atoms. The third kappa shape index (κ3) is 2.40. The molecule has 1 aliphatic rings. The maximum atomic E-state index is 12.7. The summed E-state index contributed by atoms with van der Waals surface area (Å²) >= 11 is 6.01. The third-order valence-electron chi connectivity index (χ3n) is 3.47. The summed E-state index contributed by atoms with van der Waals surface area (Å²) in [5.74, 6) is -0.687. The maximum Gasteiger partial charge on any atom is 0.325 e. The van der Waals surface area contributed by atoms with E-state index in [0.29, 0.717) is 17.1 Å². The van der Waals surface area contributed by atoms with Gasteiger partial charge in [0.1, 0.15) is 6.54 Å². The van der Waals surface area contributed by atoms with Crippen molar-refractivity contribution in [1.82, 2.24) is 9.47 Å². The fourth-order valence-electron chi connectivity index (χ4n) is 2.46. The quantitative estimate of drug-likeness (QED) is 0.800. The number of benzene rings is 1. The van der Waals surface area contributed by atoms with Crippen LogP contribution in [0.15, 0.2) is 36.5 Å². The van der Waals surface area contributed by atoms with Gasteiger partial charge in [-0.05, 0) is 30.3 Å². The molecule has 6 heteroatoms. The first kappa shape index (κ1) is 13.7. The van der Waals surface area contributed by atoms with Gasteiger partial charge >= 0.3 is 5.97 Å². The lowest BCUT2D eigenvalue weighted by Crippen LogP contribution is -2.35. The van der Waals surface area contributed by atoms with E-state index in [9.17, 15) is 9.59 Å². The topological polar surface area (TPSA) is 51.5 Å². The number of ether oxygens (including phenoxy) is 1. The van der Waals surface area contributed by atoms with Crippen LogP contribution in [0.5, 0.6) is 0 Å². The van der Waals surface area contributed by atoms with Crippen molar-refractivity contribution in [2.24, 2.45) is 0 Å². The molecule has 0 atom stereocenters. The molecule has 108 valence electrons. The molecular formula is C15H13ClN2O3. The lowest BCUT2D eigenvalue weighted by Gasteiger charge is -2.19. The molecule has 0 bridgehead atoms. The van der Waals surface area contributed by atoms with Crippen molar-refractivity contribution in [2.75, 3.05) is 13.7 Å². The van der Waals surface area contributed by atoms with Crippen LogP contribution in [0.4, 0.5) is 0 Å². The van der Waals surface area contributed by atoms with Gasteiger partial charge in [-0.25, -0.2) is 0 Å². The van der Waals surface area contributed by atoms with Crippen LogP contribution >= 0.6 is 11.6 Å². The van der Waals surface area contributed by atoms with Crippen LogP contribution < -0.4 is 0 Å². The van der Waals surface area contributed by atoms with Crippen LogP contribution in [0, 0.1) is 0 Å². The van der Waals surface area contributed by atoms with Crippen LogP contribution in [0.3, 0.4) is 0 Å². The Balaban J connectivity index is 2.11. The normalized spacial score (nSPS) is 13.4. The van der Waals surface area contributed by atoms with Crippen molar-refractivity contribution in [3.63, 3.8) is 0 Å². The van der Waals surface area contributed by atoms with Crippen molar-refractivity contribution < 1.29 is 14.3 Å². The van der Waals surface area contributed by atoms with Gasteiger partial charge in [-0.3, -0.25) is 9.59 Å². The van der Waals surface area contributed by atoms with Crippen molar-refractivity contribution in [3.8, 4) is 5.69 Å². The second-order valence-corrected chi connectivity index (χ2v) is 5.20. The smallest absolute Gasteiger partial charge is 0.325 e. The number of rotatable bonds is 2. The van der Waals surface area contributed by atoms with Gasteiger partial charge in [0.25, 0.3) is 5.91 Å².